The average molecular weight is 510 g/mol. The van der Waals surface area contributed by atoms with Gasteiger partial charge in [-0.1, -0.05) is 33.6 Å². The Kier molecular flexibility index (Phi) is 7.21. The molecule has 0 amide bonds. The van der Waals surface area contributed by atoms with Crippen LogP contribution in [0.2, 0.25) is 0 Å². The lowest BCUT2D eigenvalue weighted by Crippen LogP contribution is -2.15. The summed E-state index contributed by atoms with van der Waals surface area (Å²) in [5, 5.41) is 1.15. The summed E-state index contributed by atoms with van der Waals surface area (Å²) in [5.41, 5.74) is 2.49. The molecule has 0 saturated carbocycles. The van der Waals surface area contributed by atoms with Gasteiger partial charge in [-0.3, -0.25) is 0 Å². The van der Waals surface area contributed by atoms with Gasteiger partial charge in [0.2, 0.25) is 0 Å². The van der Waals surface area contributed by atoms with Gasteiger partial charge in [-0.2, -0.15) is 0 Å². The molecule has 3 rings (SSSR count). The summed E-state index contributed by atoms with van der Waals surface area (Å²) >= 11 is 3.25. The SMILES string of the molecule is CC(=O)CCCc1c(C)n(S(=O)(=O)c2ccc(C)cc2)c2cc(F)c(OCCBr)cc12. The predicted octanol–water partition coefficient (Wildman–Crippen LogP) is 5.32. The van der Waals surface area contributed by atoms with E-state index in [-0.39, 0.29) is 28.6 Å². The van der Waals surface area contributed by atoms with E-state index in [0.29, 0.717) is 35.7 Å². The molecule has 0 atom stereocenters. The van der Waals surface area contributed by atoms with Crippen LogP contribution < -0.4 is 4.74 Å². The molecular formula is C23H25BrFNO4S. The number of ether oxygens (including phenoxy) is 1. The molecule has 31 heavy (non-hydrogen) atoms. The van der Waals surface area contributed by atoms with Crippen molar-refractivity contribution in [2.45, 2.75) is 44.9 Å². The number of fused-ring (bicyclic) bond motifs is 1. The molecular weight excluding hydrogens is 485 g/mol. The molecule has 8 heteroatoms. The number of alkyl halides is 1. The molecule has 0 aliphatic rings. The van der Waals surface area contributed by atoms with Gasteiger partial charge < -0.3 is 9.53 Å². The predicted molar refractivity (Wildman–Crippen MR) is 123 cm³/mol. The molecule has 0 saturated heterocycles. The van der Waals surface area contributed by atoms with Crippen molar-refractivity contribution in [2.24, 2.45) is 0 Å². The van der Waals surface area contributed by atoms with Crippen molar-refractivity contribution < 1.29 is 22.3 Å². The van der Waals surface area contributed by atoms with Crippen LogP contribution in [0.25, 0.3) is 10.9 Å². The number of aryl methyl sites for hydroxylation is 2. The first-order chi connectivity index (χ1) is 14.7. The minimum atomic E-state index is -3.95. The Morgan fingerprint density at radius 1 is 1.16 bits per heavy atom. The van der Waals surface area contributed by atoms with Crippen molar-refractivity contribution in [3.8, 4) is 5.75 Å². The van der Waals surface area contributed by atoms with Crippen LogP contribution in [0.3, 0.4) is 0 Å². The lowest BCUT2D eigenvalue weighted by Gasteiger charge is -2.11. The number of benzene rings is 2. The van der Waals surface area contributed by atoms with Crippen LogP contribution in [0.5, 0.6) is 5.75 Å². The monoisotopic (exact) mass is 509 g/mol. The van der Waals surface area contributed by atoms with Crippen molar-refractivity contribution >= 4 is 42.6 Å². The Morgan fingerprint density at radius 3 is 2.45 bits per heavy atom. The largest absolute Gasteiger partial charge is 0.490 e. The number of Topliss-reactive ketones (excluding diaryl/α,β-unsaturated/α-hetero) is 1. The summed E-state index contributed by atoms with van der Waals surface area (Å²) in [7, 11) is -3.95. The van der Waals surface area contributed by atoms with Crippen molar-refractivity contribution in [2.75, 3.05) is 11.9 Å². The summed E-state index contributed by atoms with van der Waals surface area (Å²) in [6, 6.07) is 9.34. The second kappa shape index (κ2) is 9.53. The van der Waals surface area contributed by atoms with Crippen LogP contribution >= 0.6 is 15.9 Å². The van der Waals surface area contributed by atoms with Gasteiger partial charge in [-0.05, 0) is 57.4 Å². The van der Waals surface area contributed by atoms with Gasteiger partial charge in [0.15, 0.2) is 11.6 Å². The zero-order valence-electron chi connectivity index (χ0n) is 17.7. The van der Waals surface area contributed by atoms with E-state index in [2.05, 4.69) is 15.9 Å². The van der Waals surface area contributed by atoms with Crippen molar-refractivity contribution in [3.63, 3.8) is 0 Å². The van der Waals surface area contributed by atoms with E-state index in [1.54, 1.807) is 37.3 Å². The van der Waals surface area contributed by atoms with E-state index in [9.17, 15) is 17.6 Å². The standard InChI is InChI=1S/C23H25BrFNO4S/c1-15-7-9-18(10-8-15)31(28,29)26-17(3)19(6-4-5-16(2)27)20-13-23(30-12-11-24)21(25)14-22(20)26/h7-10,13-14H,4-6,11-12H2,1-3H3. The summed E-state index contributed by atoms with van der Waals surface area (Å²) in [4.78, 5) is 11.5. The molecule has 0 radical (unpaired) electrons. The third-order valence-electron chi connectivity index (χ3n) is 5.19. The quantitative estimate of drug-likeness (QED) is 0.366. The van der Waals surface area contributed by atoms with Crippen LogP contribution in [0.15, 0.2) is 41.3 Å². The van der Waals surface area contributed by atoms with E-state index in [4.69, 9.17) is 4.74 Å². The molecule has 0 aliphatic carbocycles. The molecule has 166 valence electrons. The summed E-state index contributed by atoms with van der Waals surface area (Å²) in [6.45, 7) is 5.40. The Bertz CT molecular complexity index is 1220. The van der Waals surface area contributed by atoms with Gasteiger partial charge >= 0.3 is 0 Å². The van der Waals surface area contributed by atoms with Crippen LogP contribution in [0, 0.1) is 19.7 Å². The fourth-order valence-corrected chi connectivity index (χ4v) is 5.40. The van der Waals surface area contributed by atoms with Gasteiger partial charge in [0.1, 0.15) is 5.78 Å². The number of halogens is 2. The van der Waals surface area contributed by atoms with Crippen LogP contribution in [0.4, 0.5) is 4.39 Å². The van der Waals surface area contributed by atoms with Gasteiger partial charge in [-0.15, -0.1) is 0 Å². The molecule has 3 aromatic rings. The number of hydrogen-bond donors (Lipinski definition) is 0. The summed E-state index contributed by atoms with van der Waals surface area (Å²) in [6.07, 6.45) is 1.47. The second-order valence-electron chi connectivity index (χ2n) is 7.54. The van der Waals surface area contributed by atoms with E-state index in [0.717, 1.165) is 11.1 Å². The van der Waals surface area contributed by atoms with E-state index >= 15 is 0 Å². The zero-order valence-corrected chi connectivity index (χ0v) is 20.1. The maximum atomic E-state index is 14.8. The molecule has 0 spiro atoms. The minimum Gasteiger partial charge on any atom is -0.490 e. The summed E-state index contributed by atoms with van der Waals surface area (Å²) in [5.74, 6) is -0.479. The normalized spacial score (nSPS) is 11.8. The highest BCUT2D eigenvalue weighted by atomic mass is 79.9. The molecule has 0 aliphatic heterocycles. The third kappa shape index (κ3) is 4.85. The van der Waals surface area contributed by atoms with Crippen molar-refractivity contribution in [1.29, 1.82) is 0 Å². The van der Waals surface area contributed by atoms with Crippen molar-refractivity contribution in [1.82, 2.24) is 3.97 Å². The fraction of sp³-hybridized carbons (Fsp3) is 0.348. The molecule has 0 unspecified atom stereocenters. The highest BCUT2D eigenvalue weighted by Gasteiger charge is 2.26. The number of hydrogen-bond acceptors (Lipinski definition) is 4. The van der Waals surface area contributed by atoms with Crippen LogP contribution in [-0.4, -0.2) is 30.1 Å². The summed E-state index contributed by atoms with van der Waals surface area (Å²) < 4.78 is 48.4. The van der Waals surface area contributed by atoms with Gasteiger partial charge in [0.25, 0.3) is 10.0 Å². The Labute approximate surface area is 190 Å². The second-order valence-corrected chi connectivity index (χ2v) is 10.1. The number of rotatable bonds is 9. The zero-order chi connectivity index (χ0) is 22.8. The minimum absolute atomic E-state index is 0.0704. The molecule has 2 aromatic carbocycles. The average Bonchev–Trinajstić information content (AvgIpc) is 2.97. The van der Waals surface area contributed by atoms with E-state index in [1.807, 2.05) is 6.92 Å². The number of carbonyl (C=O) groups excluding carboxylic acids is 1. The first-order valence-electron chi connectivity index (χ1n) is 10.0. The van der Waals surface area contributed by atoms with Gasteiger partial charge in [0, 0.05) is 28.9 Å². The van der Waals surface area contributed by atoms with Crippen molar-refractivity contribution in [3.05, 3.63) is 59.0 Å². The fourth-order valence-electron chi connectivity index (χ4n) is 3.66. The number of nitrogens with zero attached hydrogens (tertiary/aromatic N) is 1. The highest BCUT2D eigenvalue weighted by Crippen LogP contribution is 2.35. The first-order valence-corrected chi connectivity index (χ1v) is 12.6. The Hall–Kier alpha value is -2.19. The molecule has 0 N–H and O–H groups in total. The maximum absolute atomic E-state index is 14.8. The lowest BCUT2D eigenvalue weighted by atomic mass is 10.0. The molecule has 1 aromatic heterocycles. The lowest BCUT2D eigenvalue weighted by molar-refractivity contribution is -0.117. The molecule has 0 bridgehead atoms. The highest BCUT2D eigenvalue weighted by molar-refractivity contribution is 9.09. The van der Waals surface area contributed by atoms with E-state index in [1.165, 1.54) is 17.0 Å². The smallest absolute Gasteiger partial charge is 0.268 e. The maximum Gasteiger partial charge on any atom is 0.268 e. The van der Waals surface area contributed by atoms with E-state index < -0.39 is 15.8 Å². The number of aromatic nitrogens is 1. The molecule has 1 heterocycles. The number of carbonyl (C=O) groups is 1. The third-order valence-corrected chi connectivity index (χ3v) is 7.33. The van der Waals surface area contributed by atoms with Gasteiger partial charge in [0.05, 0.1) is 17.0 Å². The Balaban J connectivity index is 2.22. The first kappa shape index (κ1) is 23.5. The molecule has 0 fully saturated rings. The Morgan fingerprint density at radius 2 is 1.84 bits per heavy atom. The number of ketones is 1. The molecule has 5 nitrogen and oxygen atoms in total. The van der Waals surface area contributed by atoms with Crippen LogP contribution in [0.1, 0.15) is 36.6 Å². The van der Waals surface area contributed by atoms with Gasteiger partial charge in [-0.25, -0.2) is 16.8 Å². The van der Waals surface area contributed by atoms with Crippen LogP contribution in [-0.2, 0) is 21.2 Å². The topological polar surface area (TPSA) is 65.4 Å².